The van der Waals surface area contributed by atoms with E-state index in [1.165, 1.54) is 5.56 Å². The zero-order valence-corrected chi connectivity index (χ0v) is 11.8. The first-order chi connectivity index (χ1) is 8.86. The second kappa shape index (κ2) is 4.88. The zero-order chi connectivity index (χ0) is 14.0. The number of nitrogens with zero attached hydrogens (tertiary/aromatic N) is 2. The van der Waals surface area contributed by atoms with Crippen LogP contribution in [-0.2, 0) is 5.41 Å². The van der Waals surface area contributed by atoms with Gasteiger partial charge < -0.3 is 10.5 Å². The van der Waals surface area contributed by atoms with Gasteiger partial charge in [-0.05, 0) is 30.0 Å². The van der Waals surface area contributed by atoms with Crippen molar-refractivity contribution in [1.29, 1.82) is 0 Å². The summed E-state index contributed by atoms with van der Waals surface area (Å²) in [5.41, 5.74) is 7.81. The molecule has 0 saturated carbocycles. The Labute approximate surface area is 113 Å². The van der Waals surface area contributed by atoms with E-state index >= 15 is 0 Å². The lowest BCUT2D eigenvalue weighted by molar-refractivity contribution is 0.457. The number of anilines is 1. The Morgan fingerprint density at radius 3 is 2.32 bits per heavy atom. The molecule has 0 fully saturated rings. The fourth-order valence-electron chi connectivity index (χ4n) is 1.68. The first kappa shape index (κ1) is 13.3. The molecular formula is C15H19N3O. The van der Waals surface area contributed by atoms with Crippen LogP contribution in [0.25, 0.3) is 0 Å². The highest BCUT2D eigenvalue weighted by Crippen LogP contribution is 2.27. The Morgan fingerprint density at radius 1 is 1.11 bits per heavy atom. The van der Waals surface area contributed by atoms with E-state index in [1.807, 2.05) is 19.1 Å². The molecule has 2 aromatic rings. The van der Waals surface area contributed by atoms with Gasteiger partial charge in [-0.2, -0.15) is 4.98 Å². The summed E-state index contributed by atoms with van der Waals surface area (Å²) in [5.74, 6) is 1.46. The van der Waals surface area contributed by atoms with Crippen LogP contribution in [0, 0.1) is 6.92 Å². The Balaban J connectivity index is 2.22. The third-order valence-corrected chi connectivity index (χ3v) is 2.88. The predicted molar refractivity (Wildman–Crippen MR) is 76.4 cm³/mol. The second-order valence-electron chi connectivity index (χ2n) is 5.59. The molecule has 0 aliphatic carbocycles. The second-order valence-corrected chi connectivity index (χ2v) is 5.59. The van der Waals surface area contributed by atoms with Crippen LogP contribution in [0.2, 0.25) is 0 Å². The maximum atomic E-state index is 5.73. The molecule has 0 radical (unpaired) electrons. The van der Waals surface area contributed by atoms with Crippen LogP contribution in [0.1, 0.15) is 31.9 Å². The van der Waals surface area contributed by atoms with Crippen molar-refractivity contribution in [2.24, 2.45) is 0 Å². The Morgan fingerprint density at radius 2 is 1.74 bits per heavy atom. The third-order valence-electron chi connectivity index (χ3n) is 2.88. The zero-order valence-electron chi connectivity index (χ0n) is 11.8. The molecule has 0 aliphatic rings. The highest BCUT2D eigenvalue weighted by Gasteiger charge is 2.13. The SMILES string of the molecule is Cc1cnc(N)nc1Oc1ccc(C(C)(C)C)cc1. The van der Waals surface area contributed by atoms with Gasteiger partial charge in [0.05, 0.1) is 0 Å². The average Bonchev–Trinajstić information content (AvgIpc) is 2.33. The Hall–Kier alpha value is -2.10. The van der Waals surface area contributed by atoms with Crippen molar-refractivity contribution in [3.05, 3.63) is 41.6 Å². The predicted octanol–water partition coefficient (Wildman–Crippen LogP) is 3.46. The van der Waals surface area contributed by atoms with Crippen LogP contribution in [0.5, 0.6) is 11.6 Å². The molecule has 1 heterocycles. The van der Waals surface area contributed by atoms with E-state index in [1.54, 1.807) is 6.20 Å². The molecule has 0 aliphatic heterocycles. The minimum atomic E-state index is 0.133. The summed E-state index contributed by atoms with van der Waals surface area (Å²) >= 11 is 0. The topological polar surface area (TPSA) is 61.0 Å². The van der Waals surface area contributed by atoms with Crippen molar-refractivity contribution < 1.29 is 4.74 Å². The minimum Gasteiger partial charge on any atom is -0.439 e. The maximum Gasteiger partial charge on any atom is 0.226 e. The van der Waals surface area contributed by atoms with Crippen LogP contribution < -0.4 is 10.5 Å². The number of ether oxygens (including phenoxy) is 1. The van der Waals surface area contributed by atoms with Crippen molar-refractivity contribution in [3.8, 4) is 11.6 Å². The van der Waals surface area contributed by atoms with Gasteiger partial charge in [-0.15, -0.1) is 0 Å². The molecular weight excluding hydrogens is 238 g/mol. The highest BCUT2D eigenvalue weighted by molar-refractivity contribution is 5.36. The van der Waals surface area contributed by atoms with E-state index in [0.717, 1.165) is 11.3 Å². The van der Waals surface area contributed by atoms with Gasteiger partial charge in [-0.3, -0.25) is 0 Å². The monoisotopic (exact) mass is 257 g/mol. The standard InChI is InChI=1S/C15H19N3O/c1-10-9-17-14(16)18-13(10)19-12-7-5-11(6-8-12)15(2,3)4/h5-9H,1-4H3,(H2,16,17,18). The molecule has 19 heavy (non-hydrogen) atoms. The fourth-order valence-corrected chi connectivity index (χ4v) is 1.68. The summed E-state index contributed by atoms with van der Waals surface area (Å²) in [5, 5.41) is 0. The maximum absolute atomic E-state index is 5.73. The van der Waals surface area contributed by atoms with E-state index in [9.17, 15) is 0 Å². The third kappa shape index (κ3) is 3.22. The number of rotatable bonds is 2. The summed E-state index contributed by atoms with van der Waals surface area (Å²) in [6, 6.07) is 8.01. The van der Waals surface area contributed by atoms with Gasteiger partial charge in [0.15, 0.2) is 0 Å². The molecule has 0 bridgehead atoms. The molecule has 0 amide bonds. The van der Waals surface area contributed by atoms with Gasteiger partial charge in [0.1, 0.15) is 5.75 Å². The number of aryl methyl sites for hydroxylation is 1. The van der Waals surface area contributed by atoms with Crippen molar-refractivity contribution in [1.82, 2.24) is 9.97 Å². The van der Waals surface area contributed by atoms with Gasteiger partial charge >= 0.3 is 0 Å². The highest BCUT2D eigenvalue weighted by atomic mass is 16.5. The van der Waals surface area contributed by atoms with Gasteiger partial charge in [0, 0.05) is 11.8 Å². The van der Waals surface area contributed by atoms with Crippen molar-refractivity contribution in [2.75, 3.05) is 5.73 Å². The minimum absolute atomic E-state index is 0.133. The molecule has 2 N–H and O–H groups in total. The molecule has 0 unspecified atom stereocenters. The van der Waals surface area contributed by atoms with E-state index in [2.05, 4.69) is 42.9 Å². The number of hydrogen-bond acceptors (Lipinski definition) is 4. The average molecular weight is 257 g/mol. The van der Waals surface area contributed by atoms with E-state index in [-0.39, 0.29) is 11.4 Å². The molecule has 0 atom stereocenters. The molecule has 4 nitrogen and oxygen atoms in total. The lowest BCUT2D eigenvalue weighted by Crippen LogP contribution is -2.10. The number of aromatic nitrogens is 2. The Kier molecular flexibility index (Phi) is 3.42. The van der Waals surface area contributed by atoms with E-state index in [0.29, 0.717) is 5.88 Å². The smallest absolute Gasteiger partial charge is 0.226 e. The first-order valence-electron chi connectivity index (χ1n) is 6.24. The van der Waals surface area contributed by atoms with Crippen molar-refractivity contribution in [2.45, 2.75) is 33.1 Å². The Bertz CT molecular complexity index is 571. The van der Waals surface area contributed by atoms with Crippen molar-refractivity contribution in [3.63, 3.8) is 0 Å². The number of hydrogen-bond donors (Lipinski definition) is 1. The quantitative estimate of drug-likeness (QED) is 0.895. The number of benzene rings is 1. The summed E-state index contributed by atoms with van der Waals surface area (Å²) in [6.07, 6.45) is 1.65. The molecule has 4 heteroatoms. The molecule has 100 valence electrons. The summed E-state index contributed by atoms with van der Waals surface area (Å²) in [7, 11) is 0. The van der Waals surface area contributed by atoms with Crippen LogP contribution in [0.15, 0.2) is 30.5 Å². The molecule has 0 spiro atoms. The van der Waals surface area contributed by atoms with E-state index in [4.69, 9.17) is 10.5 Å². The van der Waals surface area contributed by atoms with Gasteiger partial charge in [-0.1, -0.05) is 32.9 Å². The summed E-state index contributed by atoms with van der Waals surface area (Å²) in [4.78, 5) is 8.00. The van der Waals surface area contributed by atoms with Crippen LogP contribution >= 0.6 is 0 Å². The van der Waals surface area contributed by atoms with E-state index < -0.39 is 0 Å². The molecule has 2 rings (SSSR count). The van der Waals surface area contributed by atoms with Gasteiger partial charge in [-0.25, -0.2) is 4.98 Å². The van der Waals surface area contributed by atoms with Gasteiger partial charge in [0.25, 0.3) is 0 Å². The molecule has 1 aromatic heterocycles. The molecule has 1 aromatic carbocycles. The largest absolute Gasteiger partial charge is 0.439 e. The summed E-state index contributed by atoms with van der Waals surface area (Å²) in [6.45, 7) is 8.42. The first-order valence-corrected chi connectivity index (χ1v) is 6.24. The lowest BCUT2D eigenvalue weighted by Gasteiger charge is -2.19. The fraction of sp³-hybridized carbons (Fsp3) is 0.333. The molecule has 0 saturated heterocycles. The van der Waals surface area contributed by atoms with Gasteiger partial charge in [0.2, 0.25) is 11.8 Å². The number of nitrogen functional groups attached to an aromatic ring is 1. The summed E-state index contributed by atoms with van der Waals surface area (Å²) < 4.78 is 5.73. The normalized spacial score (nSPS) is 11.4. The van der Waals surface area contributed by atoms with Crippen LogP contribution in [0.3, 0.4) is 0 Å². The van der Waals surface area contributed by atoms with Crippen LogP contribution in [-0.4, -0.2) is 9.97 Å². The lowest BCUT2D eigenvalue weighted by atomic mass is 9.87. The van der Waals surface area contributed by atoms with Crippen molar-refractivity contribution >= 4 is 5.95 Å². The van der Waals surface area contributed by atoms with Crippen LogP contribution in [0.4, 0.5) is 5.95 Å². The number of nitrogens with two attached hydrogens (primary N) is 1.